The van der Waals surface area contributed by atoms with E-state index in [2.05, 4.69) is 0 Å². The molecule has 2 amide bonds. The molecular formula is C10H10NO2. The first-order valence-corrected chi connectivity index (χ1v) is 3.94. The summed E-state index contributed by atoms with van der Waals surface area (Å²) in [5.41, 5.74) is 0.918. The number of hydrogen-bond acceptors (Lipinski definition) is 2. The third-order valence-electron chi connectivity index (χ3n) is 1.67. The van der Waals surface area contributed by atoms with E-state index < -0.39 is 0 Å². The highest BCUT2D eigenvalue weighted by Gasteiger charge is 2.07. The fourth-order valence-corrected chi connectivity index (χ4v) is 0.974. The lowest BCUT2D eigenvalue weighted by Crippen LogP contribution is -2.26. The van der Waals surface area contributed by atoms with E-state index in [-0.39, 0.29) is 5.91 Å². The Bertz CT molecular complexity index is 295. The van der Waals surface area contributed by atoms with Gasteiger partial charge in [0.1, 0.15) is 0 Å². The SMILES string of the molecule is CC(=O)N([C]=O)Cc1ccccc1. The fraction of sp³-hybridized carbons (Fsp3) is 0.200. The molecule has 1 aromatic rings. The third kappa shape index (κ3) is 2.71. The van der Waals surface area contributed by atoms with Gasteiger partial charge in [-0.3, -0.25) is 14.5 Å². The summed E-state index contributed by atoms with van der Waals surface area (Å²) in [5, 5.41) is 0. The minimum Gasteiger partial charge on any atom is -0.275 e. The lowest BCUT2D eigenvalue weighted by molar-refractivity contribution is -0.125. The van der Waals surface area contributed by atoms with Gasteiger partial charge in [0.05, 0.1) is 6.54 Å². The van der Waals surface area contributed by atoms with Crippen LogP contribution in [0.1, 0.15) is 12.5 Å². The van der Waals surface area contributed by atoms with Gasteiger partial charge in [-0.2, -0.15) is 0 Å². The van der Waals surface area contributed by atoms with Gasteiger partial charge >= 0.3 is 6.41 Å². The summed E-state index contributed by atoms with van der Waals surface area (Å²) >= 11 is 0. The highest BCUT2D eigenvalue weighted by atomic mass is 16.2. The van der Waals surface area contributed by atoms with Crippen LogP contribution >= 0.6 is 0 Å². The number of imide groups is 1. The smallest absolute Gasteiger partial charge is 0.275 e. The summed E-state index contributed by atoms with van der Waals surface area (Å²) in [5.74, 6) is -0.293. The normalized spacial score (nSPS) is 9.31. The molecule has 0 spiro atoms. The zero-order chi connectivity index (χ0) is 9.68. The van der Waals surface area contributed by atoms with Crippen molar-refractivity contribution in [3.63, 3.8) is 0 Å². The number of nitrogens with zero attached hydrogens (tertiary/aromatic N) is 1. The van der Waals surface area contributed by atoms with E-state index in [1.807, 2.05) is 30.3 Å². The van der Waals surface area contributed by atoms with Crippen molar-refractivity contribution in [2.45, 2.75) is 13.5 Å². The Kier molecular flexibility index (Phi) is 3.20. The summed E-state index contributed by atoms with van der Waals surface area (Å²) in [6, 6.07) is 9.31. The van der Waals surface area contributed by atoms with E-state index >= 15 is 0 Å². The van der Waals surface area contributed by atoms with E-state index in [4.69, 9.17) is 0 Å². The van der Waals surface area contributed by atoms with Crippen LogP contribution in [-0.4, -0.2) is 17.2 Å². The van der Waals surface area contributed by atoms with Gasteiger partial charge < -0.3 is 0 Å². The predicted octanol–water partition coefficient (Wildman–Crippen LogP) is 1.10. The van der Waals surface area contributed by atoms with Crippen LogP contribution in [-0.2, 0) is 16.1 Å². The van der Waals surface area contributed by atoms with Crippen LogP contribution in [0.2, 0.25) is 0 Å². The summed E-state index contributed by atoms with van der Waals surface area (Å²) in [4.78, 5) is 22.2. The molecule has 0 saturated carbocycles. The van der Waals surface area contributed by atoms with Crippen LogP contribution in [0, 0.1) is 0 Å². The maximum atomic E-state index is 10.8. The minimum absolute atomic E-state index is 0.291. The van der Waals surface area contributed by atoms with Crippen molar-refractivity contribution >= 4 is 12.3 Å². The molecule has 1 radical (unpaired) electrons. The van der Waals surface area contributed by atoms with Crippen LogP contribution in [0.3, 0.4) is 0 Å². The molecule has 0 N–H and O–H groups in total. The van der Waals surface area contributed by atoms with Gasteiger partial charge in [-0.15, -0.1) is 0 Å². The lowest BCUT2D eigenvalue weighted by atomic mass is 10.2. The Morgan fingerprint density at radius 3 is 2.46 bits per heavy atom. The lowest BCUT2D eigenvalue weighted by Gasteiger charge is -2.11. The predicted molar refractivity (Wildman–Crippen MR) is 48.4 cm³/mol. The number of hydrogen-bond donors (Lipinski definition) is 0. The molecule has 0 aromatic heterocycles. The first-order valence-electron chi connectivity index (χ1n) is 3.94. The first-order chi connectivity index (χ1) is 6.24. The van der Waals surface area contributed by atoms with Crippen LogP contribution < -0.4 is 0 Å². The molecule has 0 aliphatic rings. The van der Waals surface area contributed by atoms with E-state index in [0.29, 0.717) is 6.54 Å². The molecule has 1 aromatic carbocycles. The van der Waals surface area contributed by atoms with Crippen molar-refractivity contribution < 1.29 is 9.59 Å². The number of benzene rings is 1. The maximum absolute atomic E-state index is 10.8. The topological polar surface area (TPSA) is 37.4 Å². The van der Waals surface area contributed by atoms with Gasteiger partial charge in [-0.25, -0.2) is 0 Å². The van der Waals surface area contributed by atoms with Crippen molar-refractivity contribution in [3.05, 3.63) is 35.9 Å². The molecule has 1 rings (SSSR count). The van der Waals surface area contributed by atoms with Crippen molar-refractivity contribution in [3.8, 4) is 0 Å². The second-order valence-electron chi connectivity index (χ2n) is 2.68. The molecule has 0 heterocycles. The summed E-state index contributed by atoms with van der Waals surface area (Å²) < 4.78 is 0. The largest absolute Gasteiger partial charge is 0.319 e. The Morgan fingerprint density at radius 1 is 1.38 bits per heavy atom. The average Bonchev–Trinajstić information content (AvgIpc) is 2.15. The molecule has 67 valence electrons. The number of carbonyl (C=O) groups excluding carboxylic acids is 2. The monoisotopic (exact) mass is 176 g/mol. The van der Waals surface area contributed by atoms with Gasteiger partial charge in [-0.05, 0) is 5.56 Å². The van der Waals surface area contributed by atoms with Crippen LogP contribution in [0.15, 0.2) is 30.3 Å². The van der Waals surface area contributed by atoms with E-state index in [0.717, 1.165) is 10.5 Å². The van der Waals surface area contributed by atoms with Crippen molar-refractivity contribution in [1.29, 1.82) is 0 Å². The molecular weight excluding hydrogens is 166 g/mol. The maximum Gasteiger partial charge on any atom is 0.319 e. The Hall–Kier alpha value is -1.64. The van der Waals surface area contributed by atoms with Crippen molar-refractivity contribution in [2.24, 2.45) is 0 Å². The molecule has 13 heavy (non-hydrogen) atoms. The highest BCUT2D eigenvalue weighted by Crippen LogP contribution is 2.02. The second kappa shape index (κ2) is 4.40. The highest BCUT2D eigenvalue weighted by molar-refractivity contribution is 5.84. The molecule has 3 nitrogen and oxygen atoms in total. The zero-order valence-electron chi connectivity index (χ0n) is 7.36. The standard InChI is InChI=1S/C10H10NO2/c1-9(13)11(8-12)7-10-5-3-2-4-6-10/h2-6H,7H2,1H3. The molecule has 0 saturated heterocycles. The Labute approximate surface area is 77.0 Å². The summed E-state index contributed by atoms with van der Waals surface area (Å²) in [7, 11) is 0. The minimum atomic E-state index is -0.293. The number of rotatable bonds is 3. The molecule has 0 atom stereocenters. The zero-order valence-corrected chi connectivity index (χ0v) is 7.36. The third-order valence-corrected chi connectivity index (χ3v) is 1.67. The van der Waals surface area contributed by atoms with Crippen LogP contribution in [0.5, 0.6) is 0 Å². The second-order valence-corrected chi connectivity index (χ2v) is 2.68. The molecule has 0 bridgehead atoms. The van der Waals surface area contributed by atoms with E-state index in [1.54, 1.807) is 6.41 Å². The van der Waals surface area contributed by atoms with Gasteiger partial charge in [0, 0.05) is 6.92 Å². The quantitative estimate of drug-likeness (QED) is 0.647. The van der Waals surface area contributed by atoms with Gasteiger partial charge in [0.2, 0.25) is 5.91 Å². The average molecular weight is 176 g/mol. The fourth-order valence-electron chi connectivity index (χ4n) is 0.974. The van der Waals surface area contributed by atoms with Crippen molar-refractivity contribution in [1.82, 2.24) is 4.90 Å². The number of carbonyl (C=O) groups is 1. The van der Waals surface area contributed by atoms with Crippen LogP contribution in [0.25, 0.3) is 0 Å². The van der Waals surface area contributed by atoms with Gasteiger partial charge in [0.25, 0.3) is 0 Å². The van der Waals surface area contributed by atoms with E-state index in [1.165, 1.54) is 6.92 Å². The van der Waals surface area contributed by atoms with E-state index in [9.17, 15) is 9.59 Å². The number of amides is 2. The summed E-state index contributed by atoms with van der Waals surface area (Å²) in [6.07, 6.45) is 1.58. The van der Waals surface area contributed by atoms with Gasteiger partial charge in [-0.1, -0.05) is 30.3 Å². The molecule has 0 unspecified atom stereocenters. The molecule has 0 aliphatic carbocycles. The summed E-state index contributed by atoms with van der Waals surface area (Å²) in [6.45, 7) is 1.63. The first kappa shape index (κ1) is 9.45. The molecule has 0 fully saturated rings. The van der Waals surface area contributed by atoms with Crippen LogP contribution in [0.4, 0.5) is 0 Å². The Balaban J connectivity index is 2.67. The molecule has 0 aliphatic heterocycles. The molecule has 3 heteroatoms. The van der Waals surface area contributed by atoms with Gasteiger partial charge in [0.15, 0.2) is 0 Å². The Morgan fingerprint density at radius 2 is 2.00 bits per heavy atom. The van der Waals surface area contributed by atoms with Crippen molar-refractivity contribution in [2.75, 3.05) is 0 Å².